The SMILES string of the molecule is CCCCc1nnc(-c2ccc(-c3ccc(-c4nc5ccccc5nc4-c4ccccc4)cc3)cc2)o1. The van der Waals surface area contributed by atoms with Crippen LogP contribution in [0.5, 0.6) is 0 Å². The highest BCUT2D eigenvalue weighted by molar-refractivity contribution is 5.86. The van der Waals surface area contributed by atoms with Gasteiger partial charge in [-0.15, -0.1) is 10.2 Å². The molecular formula is C32H26N4O. The number of unbranched alkanes of at least 4 members (excludes halogenated alkanes) is 1. The lowest BCUT2D eigenvalue weighted by molar-refractivity contribution is 0.496. The van der Waals surface area contributed by atoms with Gasteiger partial charge in [0.25, 0.3) is 0 Å². The van der Waals surface area contributed by atoms with Gasteiger partial charge >= 0.3 is 0 Å². The highest BCUT2D eigenvalue weighted by Crippen LogP contribution is 2.32. The quantitative estimate of drug-likeness (QED) is 0.230. The third-order valence-electron chi connectivity index (χ3n) is 6.45. The van der Waals surface area contributed by atoms with E-state index in [0.29, 0.717) is 11.8 Å². The predicted octanol–water partition coefficient (Wildman–Crippen LogP) is 8.02. The maximum Gasteiger partial charge on any atom is 0.247 e. The first kappa shape index (κ1) is 22.8. The fourth-order valence-corrected chi connectivity index (χ4v) is 4.42. The Morgan fingerprint density at radius 2 is 1.05 bits per heavy atom. The molecule has 180 valence electrons. The summed E-state index contributed by atoms with van der Waals surface area (Å²) in [6, 6.07) is 35.0. The van der Waals surface area contributed by atoms with E-state index in [4.69, 9.17) is 14.4 Å². The summed E-state index contributed by atoms with van der Waals surface area (Å²) >= 11 is 0. The van der Waals surface area contributed by atoms with Crippen LogP contribution >= 0.6 is 0 Å². The van der Waals surface area contributed by atoms with Crippen LogP contribution < -0.4 is 0 Å². The van der Waals surface area contributed by atoms with Gasteiger partial charge in [-0.1, -0.05) is 92.2 Å². The molecule has 0 amide bonds. The Hall–Kier alpha value is -4.64. The van der Waals surface area contributed by atoms with E-state index in [9.17, 15) is 0 Å². The normalized spacial score (nSPS) is 11.2. The maximum absolute atomic E-state index is 5.83. The van der Waals surface area contributed by atoms with Gasteiger partial charge in [0, 0.05) is 23.1 Å². The molecule has 6 rings (SSSR count). The largest absolute Gasteiger partial charge is 0.421 e. The van der Waals surface area contributed by atoms with Crippen LogP contribution in [0.25, 0.3) is 56.1 Å². The topological polar surface area (TPSA) is 64.7 Å². The predicted molar refractivity (Wildman–Crippen MR) is 148 cm³/mol. The number of aromatic nitrogens is 4. The van der Waals surface area contributed by atoms with Gasteiger partial charge < -0.3 is 4.42 Å². The van der Waals surface area contributed by atoms with Crippen LogP contribution in [0.1, 0.15) is 25.7 Å². The molecule has 5 nitrogen and oxygen atoms in total. The van der Waals surface area contributed by atoms with Gasteiger partial charge in [-0.3, -0.25) is 0 Å². The second-order valence-corrected chi connectivity index (χ2v) is 9.03. The average Bonchev–Trinajstić information content (AvgIpc) is 3.45. The summed E-state index contributed by atoms with van der Waals surface area (Å²) in [6.07, 6.45) is 2.97. The van der Waals surface area contributed by atoms with Gasteiger partial charge in [0.1, 0.15) is 0 Å². The Balaban J connectivity index is 1.30. The van der Waals surface area contributed by atoms with Crippen LogP contribution in [0, 0.1) is 0 Å². The molecule has 6 aromatic rings. The van der Waals surface area contributed by atoms with Crippen LogP contribution in [-0.2, 0) is 6.42 Å². The first-order valence-corrected chi connectivity index (χ1v) is 12.6. The van der Waals surface area contributed by atoms with E-state index in [1.54, 1.807) is 0 Å². The fraction of sp³-hybridized carbons (Fsp3) is 0.125. The van der Waals surface area contributed by atoms with Crippen molar-refractivity contribution in [1.82, 2.24) is 20.2 Å². The van der Waals surface area contributed by atoms with E-state index in [2.05, 4.69) is 65.7 Å². The zero-order valence-electron chi connectivity index (χ0n) is 20.6. The van der Waals surface area contributed by atoms with Crippen molar-refractivity contribution in [3.05, 3.63) is 109 Å². The minimum absolute atomic E-state index is 0.566. The number of benzene rings is 4. The van der Waals surface area contributed by atoms with Crippen LogP contribution in [0.2, 0.25) is 0 Å². The summed E-state index contributed by atoms with van der Waals surface area (Å²) in [5.74, 6) is 1.26. The number of hydrogen-bond donors (Lipinski definition) is 0. The third kappa shape index (κ3) is 4.76. The van der Waals surface area contributed by atoms with Crippen molar-refractivity contribution in [3.63, 3.8) is 0 Å². The van der Waals surface area contributed by atoms with E-state index in [-0.39, 0.29) is 0 Å². The molecule has 0 aliphatic heterocycles. The van der Waals surface area contributed by atoms with Gasteiger partial charge in [0.2, 0.25) is 11.8 Å². The van der Waals surface area contributed by atoms with Crippen molar-refractivity contribution >= 4 is 11.0 Å². The Bertz CT molecular complexity index is 1640. The van der Waals surface area contributed by atoms with Crippen LogP contribution in [0.15, 0.2) is 108 Å². The van der Waals surface area contributed by atoms with Crippen LogP contribution in [0.3, 0.4) is 0 Å². The summed E-state index contributed by atoms with van der Waals surface area (Å²) in [7, 11) is 0. The molecule has 0 spiro atoms. The van der Waals surface area contributed by atoms with Gasteiger partial charge in [0.05, 0.1) is 22.4 Å². The minimum atomic E-state index is 0.566. The molecule has 0 N–H and O–H groups in total. The standard InChI is InChI=1S/C32H26N4O/c1-2-3-13-29-35-36-32(37-29)26-20-16-23(17-21-26)22-14-18-25(19-15-22)31-30(24-9-5-4-6-10-24)33-27-11-7-8-12-28(27)34-31/h4-12,14-21H,2-3,13H2,1H3. The van der Waals surface area contributed by atoms with Crippen molar-refractivity contribution < 1.29 is 4.42 Å². The molecule has 0 aliphatic carbocycles. The van der Waals surface area contributed by atoms with Crippen molar-refractivity contribution in [2.24, 2.45) is 0 Å². The number of fused-ring (bicyclic) bond motifs is 1. The lowest BCUT2D eigenvalue weighted by atomic mass is 9.99. The molecule has 0 radical (unpaired) electrons. The molecule has 0 saturated carbocycles. The highest BCUT2D eigenvalue weighted by atomic mass is 16.4. The van der Waals surface area contributed by atoms with Gasteiger partial charge in [-0.05, 0) is 41.8 Å². The fourth-order valence-electron chi connectivity index (χ4n) is 4.42. The second-order valence-electron chi connectivity index (χ2n) is 9.03. The Morgan fingerprint density at radius 1 is 0.541 bits per heavy atom. The molecule has 37 heavy (non-hydrogen) atoms. The molecule has 0 bridgehead atoms. The minimum Gasteiger partial charge on any atom is -0.421 e. The van der Waals surface area contributed by atoms with Crippen molar-refractivity contribution in [3.8, 4) is 45.1 Å². The number of hydrogen-bond acceptors (Lipinski definition) is 5. The lowest BCUT2D eigenvalue weighted by Gasteiger charge is -2.11. The Kier molecular flexibility index (Phi) is 6.26. The van der Waals surface area contributed by atoms with Crippen LogP contribution in [0.4, 0.5) is 0 Å². The summed E-state index contributed by atoms with van der Waals surface area (Å²) in [4.78, 5) is 9.98. The summed E-state index contributed by atoms with van der Waals surface area (Å²) in [6.45, 7) is 2.15. The van der Waals surface area contributed by atoms with Crippen molar-refractivity contribution in [2.45, 2.75) is 26.2 Å². The molecular weight excluding hydrogens is 456 g/mol. The molecule has 2 heterocycles. The monoisotopic (exact) mass is 482 g/mol. The second kappa shape index (κ2) is 10.2. The molecule has 0 fully saturated rings. The molecule has 0 unspecified atom stereocenters. The third-order valence-corrected chi connectivity index (χ3v) is 6.45. The molecule has 4 aromatic carbocycles. The Morgan fingerprint density at radius 3 is 1.65 bits per heavy atom. The van der Waals surface area contributed by atoms with E-state index in [1.165, 1.54) is 0 Å². The average molecular weight is 483 g/mol. The highest BCUT2D eigenvalue weighted by Gasteiger charge is 2.14. The first-order chi connectivity index (χ1) is 18.3. The number of nitrogens with zero attached hydrogens (tertiary/aromatic N) is 4. The first-order valence-electron chi connectivity index (χ1n) is 12.6. The number of aryl methyl sites for hydroxylation is 1. The smallest absolute Gasteiger partial charge is 0.247 e. The lowest BCUT2D eigenvalue weighted by Crippen LogP contribution is -1.95. The zero-order chi connectivity index (χ0) is 25.0. The number of para-hydroxylation sites is 2. The van der Waals surface area contributed by atoms with Gasteiger partial charge in [-0.2, -0.15) is 0 Å². The Labute approximate surface area is 215 Å². The zero-order valence-corrected chi connectivity index (χ0v) is 20.6. The van der Waals surface area contributed by atoms with E-state index < -0.39 is 0 Å². The van der Waals surface area contributed by atoms with Crippen LogP contribution in [-0.4, -0.2) is 20.2 Å². The molecule has 0 aliphatic rings. The summed E-state index contributed by atoms with van der Waals surface area (Å²) < 4.78 is 5.83. The summed E-state index contributed by atoms with van der Waals surface area (Å²) in [5.41, 5.74) is 8.78. The van der Waals surface area contributed by atoms with Crippen molar-refractivity contribution in [2.75, 3.05) is 0 Å². The number of rotatable bonds is 7. The molecule has 0 atom stereocenters. The van der Waals surface area contributed by atoms with E-state index in [0.717, 1.165) is 69.5 Å². The maximum atomic E-state index is 5.83. The molecule has 5 heteroatoms. The molecule has 0 saturated heterocycles. The molecule has 2 aromatic heterocycles. The van der Waals surface area contributed by atoms with E-state index in [1.807, 2.05) is 54.6 Å². The van der Waals surface area contributed by atoms with E-state index >= 15 is 0 Å². The summed E-state index contributed by atoms with van der Waals surface area (Å²) in [5, 5.41) is 8.38. The van der Waals surface area contributed by atoms with Gasteiger partial charge in [-0.25, -0.2) is 9.97 Å². The van der Waals surface area contributed by atoms with Crippen molar-refractivity contribution in [1.29, 1.82) is 0 Å². The van der Waals surface area contributed by atoms with Gasteiger partial charge in [0.15, 0.2) is 0 Å².